The van der Waals surface area contributed by atoms with Crippen LogP contribution in [0.15, 0.2) is 41.1 Å². The van der Waals surface area contributed by atoms with Gasteiger partial charge in [0.2, 0.25) is 5.71 Å². The van der Waals surface area contributed by atoms with Crippen LogP contribution in [-0.4, -0.2) is 11.8 Å². The van der Waals surface area contributed by atoms with E-state index in [2.05, 4.69) is 40.2 Å². The van der Waals surface area contributed by atoms with E-state index in [-0.39, 0.29) is 12.5 Å². The van der Waals surface area contributed by atoms with Gasteiger partial charge in [0.1, 0.15) is 5.66 Å². The van der Waals surface area contributed by atoms with Crippen LogP contribution in [0.2, 0.25) is 6.82 Å². The molecule has 0 aliphatic carbocycles. The second-order valence-corrected chi connectivity index (χ2v) is 6.00. The van der Waals surface area contributed by atoms with E-state index < -0.39 is 6.85 Å². The smallest absolute Gasteiger partial charge is 0.447 e. The number of nitrogens with zero attached hydrogens (tertiary/aromatic N) is 3. The van der Waals surface area contributed by atoms with Gasteiger partial charge < -0.3 is 4.42 Å². The van der Waals surface area contributed by atoms with E-state index in [1.807, 2.05) is 25.5 Å². The number of aromatic nitrogens is 2. The Balaban J connectivity index is 1.82. The van der Waals surface area contributed by atoms with E-state index >= 15 is 0 Å². The summed E-state index contributed by atoms with van der Waals surface area (Å²) in [5.74, 6) is 1.05. The maximum Gasteiger partial charge on any atom is 0.447 e. The first-order valence-corrected chi connectivity index (χ1v) is 7.62. The lowest BCUT2D eigenvalue weighted by atomic mass is 9.58. The third-order valence-corrected chi connectivity index (χ3v) is 4.36. The molecule has 0 bridgehead atoms. The average molecular weight is 307 g/mol. The van der Waals surface area contributed by atoms with Gasteiger partial charge in [0.05, 0.1) is 19.4 Å². The van der Waals surface area contributed by atoms with E-state index in [1.54, 1.807) is 12.1 Å². The molecular formula is C18H19BN3O+. The number of aryl methyl sites for hydroxylation is 3. The molecule has 3 aromatic heterocycles. The van der Waals surface area contributed by atoms with Crippen molar-refractivity contribution in [1.29, 1.82) is 0 Å². The summed E-state index contributed by atoms with van der Waals surface area (Å²) < 4.78 is 30.7. The van der Waals surface area contributed by atoms with Crippen molar-refractivity contribution in [3.05, 3.63) is 53.5 Å². The third-order valence-electron chi connectivity index (χ3n) is 4.36. The Morgan fingerprint density at radius 2 is 2.22 bits per heavy atom. The molecule has 0 fully saturated rings. The van der Waals surface area contributed by atoms with E-state index in [1.165, 1.54) is 5.56 Å². The van der Waals surface area contributed by atoms with E-state index in [0.29, 0.717) is 5.71 Å². The Hall–Kier alpha value is -2.56. The minimum absolute atomic E-state index is 0.0339. The molecule has 0 saturated heterocycles. The maximum absolute atomic E-state index is 7.54. The zero-order chi connectivity index (χ0) is 18.6. The molecule has 4 heterocycles. The van der Waals surface area contributed by atoms with Crippen molar-refractivity contribution >= 4 is 35.5 Å². The topological polar surface area (TPSA) is 33.2 Å². The van der Waals surface area contributed by atoms with Crippen LogP contribution in [0.1, 0.15) is 20.9 Å². The molecule has 23 heavy (non-hydrogen) atoms. The highest BCUT2D eigenvalue weighted by Gasteiger charge is 2.37. The standard InChI is InChI=1S/C18H19BN3O/c1-12-7-9-21(4)16(11-12)22-10-8-14-15-6-5-13(2)20-18(15)23-17(14)19(22)3/h5-11H,1-4H3/q+1/i2D3. The van der Waals surface area contributed by atoms with Gasteiger partial charge in [-0.2, -0.15) is 0 Å². The number of pyridine rings is 2. The van der Waals surface area contributed by atoms with Crippen LogP contribution in [-0.2, 0) is 7.05 Å². The van der Waals surface area contributed by atoms with Crippen molar-refractivity contribution in [3.8, 4) is 0 Å². The molecule has 5 heteroatoms. The summed E-state index contributed by atoms with van der Waals surface area (Å²) in [6.45, 7) is 1.85. The minimum Gasteiger partial charge on any atom is -0.447 e. The molecule has 0 amide bonds. The van der Waals surface area contributed by atoms with Gasteiger partial charge in [-0.05, 0) is 50.4 Å². The number of fused-ring (bicyclic) bond motifs is 3. The predicted octanol–water partition coefficient (Wildman–Crippen LogP) is 2.59. The molecule has 114 valence electrons. The normalized spacial score (nSPS) is 16.2. The van der Waals surface area contributed by atoms with Crippen molar-refractivity contribution in [3.63, 3.8) is 0 Å². The van der Waals surface area contributed by atoms with Gasteiger partial charge in [-0.15, -0.1) is 0 Å². The van der Waals surface area contributed by atoms with Crippen LogP contribution < -0.4 is 15.0 Å². The fraction of sp³-hybridized carbons (Fsp3) is 0.222. The van der Waals surface area contributed by atoms with Crippen LogP contribution in [0, 0.1) is 13.8 Å². The number of furan rings is 1. The zero-order valence-electron chi connectivity index (χ0n) is 16.4. The molecule has 0 N–H and O–H groups in total. The molecular weight excluding hydrogens is 285 g/mol. The van der Waals surface area contributed by atoms with Gasteiger partial charge in [-0.3, -0.25) is 4.81 Å². The van der Waals surface area contributed by atoms with Crippen LogP contribution in [0.4, 0.5) is 5.82 Å². The van der Waals surface area contributed by atoms with Crippen LogP contribution in [0.5, 0.6) is 0 Å². The minimum atomic E-state index is -2.25. The van der Waals surface area contributed by atoms with Gasteiger partial charge in [0.25, 0.3) is 5.82 Å². The molecule has 0 spiro atoms. The monoisotopic (exact) mass is 307 g/mol. The highest BCUT2D eigenvalue weighted by atomic mass is 16.3. The van der Waals surface area contributed by atoms with Gasteiger partial charge in [-0.1, -0.05) is 0 Å². The van der Waals surface area contributed by atoms with Crippen molar-refractivity contribution in [2.75, 3.05) is 4.81 Å². The Kier molecular flexibility index (Phi) is 2.39. The summed E-state index contributed by atoms with van der Waals surface area (Å²) in [6.07, 6.45) is 6.07. The lowest BCUT2D eigenvalue weighted by molar-refractivity contribution is -0.658. The molecule has 3 aromatic rings. The summed E-state index contributed by atoms with van der Waals surface area (Å²) in [7, 11) is 2.01. The largest absolute Gasteiger partial charge is 0.447 e. The van der Waals surface area contributed by atoms with E-state index in [9.17, 15) is 0 Å². The Morgan fingerprint density at radius 3 is 3.04 bits per heavy atom. The van der Waals surface area contributed by atoms with Gasteiger partial charge >= 0.3 is 6.85 Å². The van der Waals surface area contributed by atoms with Crippen molar-refractivity contribution < 1.29 is 13.1 Å². The number of rotatable bonds is 1. The molecule has 0 radical (unpaired) electrons. The lowest BCUT2D eigenvalue weighted by Crippen LogP contribution is -2.50. The lowest BCUT2D eigenvalue weighted by Gasteiger charge is -2.21. The van der Waals surface area contributed by atoms with E-state index in [4.69, 9.17) is 8.53 Å². The van der Waals surface area contributed by atoms with Crippen molar-refractivity contribution in [2.45, 2.75) is 20.6 Å². The SMILES string of the molecule is [2H]C([2H])([2H])c1ccc2c3c(oc2n1)B(C)N(c1cc(C)cc[n+]1C)C=C3. The van der Waals surface area contributed by atoms with Crippen molar-refractivity contribution in [2.24, 2.45) is 7.05 Å². The van der Waals surface area contributed by atoms with Crippen LogP contribution >= 0.6 is 0 Å². The second kappa shape index (κ2) is 4.98. The second-order valence-electron chi connectivity index (χ2n) is 6.00. The zero-order valence-corrected chi connectivity index (χ0v) is 13.4. The van der Waals surface area contributed by atoms with Gasteiger partial charge in [-0.25, -0.2) is 9.55 Å². The first-order valence-electron chi connectivity index (χ1n) is 9.12. The Bertz CT molecular complexity index is 1040. The average Bonchev–Trinajstić information content (AvgIpc) is 2.96. The molecule has 4 nitrogen and oxygen atoms in total. The first-order chi connectivity index (χ1) is 12.3. The molecule has 4 rings (SSSR count). The highest BCUT2D eigenvalue weighted by Crippen LogP contribution is 2.26. The summed E-state index contributed by atoms with van der Waals surface area (Å²) in [5.41, 5.74) is 3.35. The molecule has 0 atom stereocenters. The summed E-state index contributed by atoms with van der Waals surface area (Å²) >= 11 is 0. The fourth-order valence-corrected chi connectivity index (χ4v) is 3.10. The maximum atomic E-state index is 7.54. The van der Waals surface area contributed by atoms with Gasteiger partial charge in [0, 0.05) is 26.8 Å². The predicted molar refractivity (Wildman–Crippen MR) is 93.9 cm³/mol. The molecule has 0 aromatic carbocycles. The number of hydrogen-bond donors (Lipinski definition) is 0. The van der Waals surface area contributed by atoms with Gasteiger partial charge in [0.15, 0.2) is 0 Å². The molecule has 1 aliphatic rings. The molecule has 0 saturated carbocycles. The van der Waals surface area contributed by atoms with Crippen LogP contribution in [0.25, 0.3) is 17.2 Å². The first kappa shape index (κ1) is 11.1. The Morgan fingerprint density at radius 1 is 1.35 bits per heavy atom. The molecule has 1 aliphatic heterocycles. The summed E-state index contributed by atoms with van der Waals surface area (Å²) in [4.78, 5) is 6.37. The highest BCUT2D eigenvalue weighted by molar-refractivity contribution is 6.76. The molecule has 0 unspecified atom stereocenters. The quantitative estimate of drug-likeness (QED) is 0.512. The van der Waals surface area contributed by atoms with Crippen molar-refractivity contribution in [1.82, 2.24) is 4.98 Å². The third kappa shape index (κ3) is 2.15. The van der Waals surface area contributed by atoms with E-state index in [0.717, 1.165) is 22.4 Å². The summed E-state index contributed by atoms with van der Waals surface area (Å²) in [5, 5.41) is 0.837. The number of anilines is 1. The van der Waals surface area contributed by atoms with Crippen LogP contribution in [0.3, 0.4) is 0 Å². The number of hydrogen-bond acceptors (Lipinski definition) is 3. The summed E-state index contributed by atoms with van der Waals surface area (Å²) in [6, 6.07) is 7.52. The fourth-order valence-electron chi connectivity index (χ4n) is 3.10. The Labute approximate surface area is 140 Å².